The highest BCUT2D eigenvalue weighted by atomic mass is 32.2. The van der Waals surface area contributed by atoms with Crippen LogP contribution in [0.3, 0.4) is 0 Å². The molecule has 1 N–H and O–H groups in total. The first-order valence-corrected chi connectivity index (χ1v) is 9.24. The maximum atomic E-state index is 12.3. The number of ether oxygens (including phenoxy) is 1. The van der Waals surface area contributed by atoms with Crippen molar-refractivity contribution in [3.05, 3.63) is 0 Å². The molecule has 2 fully saturated rings. The lowest BCUT2D eigenvalue weighted by Crippen LogP contribution is -2.47. The molecule has 2 rings (SSSR count). The Labute approximate surface area is 133 Å². The summed E-state index contributed by atoms with van der Waals surface area (Å²) in [7, 11) is 0. The summed E-state index contributed by atoms with van der Waals surface area (Å²) in [6.07, 6.45) is 4.51. The fourth-order valence-corrected chi connectivity index (χ4v) is 4.20. The molecule has 0 aliphatic carbocycles. The van der Waals surface area contributed by atoms with Crippen molar-refractivity contribution in [1.29, 1.82) is 0 Å². The van der Waals surface area contributed by atoms with E-state index in [0.717, 1.165) is 31.2 Å². The summed E-state index contributed by atoms with van der Waals surface area (Å²) in [6, 6.07) is 1.02. The van der Waals surface area contributed by atoms with E-state index in [0.29, 0.717) is 12.1 Å². The third kappa shape index (κ3) is 5.70. The lowest BCUT2D eigenvalue weighted by molar-refractivity contribution is 0.0242. The van der Waals surface area contributed by atoms with Gasteiger partial charge in [-0.3, -0.25) is 0 Å². The van der Waals surface area contributed by atoms with E-state index in [2.05, 4.69) is 12.2 Å². The van der Waals surface area contributed by atoms with Crippen LogP contribution in [0.5, 0.6) is 0 Å². The molecule has 1 amide bonds. The van der Waals surface area contributed by atoms with Gasteiger partial charge in [-0.2, -0.15) is 11.8 Å². The molecule has 2 saturated heterocycles. The quantitative estimate of drug-likeness (QED) is 0.849. The van der Waals surface area contributed by atoms with Crippen molar-refractivity contribution >= 4 is 17.9 Å². The van der Waals surface area contributed by atoms with Crippen LogP contribution in [-0.2, 0) is 4.74 Å². The van der Waals surface area contributed by atoms with E-state index in [1.807, 2.05) is 37.4 Å². The van der Waals surface area contributed by atoms with Gasteiger partial charge in [-0.1, -0.05) is 13.3 Å². The molecular weight excluding hydrogens is 284 g/mol. The summed E-state index contributed by atoms with van der Waals surface area (Å²) in [5.41, 5.74) is -0.413. The van der Waals surface area contributed by atoms with E-state index in [1.165, 1.54) is 18.6 Å². The molecule has 3 atom stereocenters. The third-order valence-corrected chi connectivity index (χ3v) is 5.35. The van der Waals surface area contributed by atoms with Gasteiger partial charge in [-0.05, 0) is 40.0 Å². The second kappa shape index (κ2) is 7.23. The summed E-state index contributed by atoms with van der Waals surface area (Å²) >= 11 is 2.05. The van der Waals surface area contributed by atoms with Crippen molar-refractivity contribution in [2.45, 2.75) is 76.3 Å². The van der Waals surface area contributed by atoms with Gasteiger partial charge in [0.05, 0.1) is 0 Å². The SMILES string of the molecule is CC1CC(NC2CCCCN(C(=O)OC(C)(C)C)C2)CS1. The lowest BCUT2D eigenvalue weighted by Gasteiger charge is -2.29. The average Bonchev–Trinajstić information content (AvgIpc) is 2.62. The van der Waals surface area contributed by atoms with Crippen LogP contribution in [0, 0.1) is 0 Å². The molecular formula is C16H30N2O2S. The maximum Gasteiger partial charge on any atom is 0.410 e. The van der Waals surface area contributed by atoms with Crippen molar-refractivity contribution in [2.75, 3.05) is 18.8 Å². The molecule has 0 aromatic heterocycles. The van der Waals surface area contributed by atoms with E-state index >= 15 is 0 Å². The number of rotatable bonds is 2. The maximum absolute atomic E-state index is 12.3. The molecule has 0 radical (unpaired) electrons. The monoisotopic (exact) mass is 314 g/mol. The van der Waals surface area contributed by atoms with Gasteiger partial charge in [0.25, 0.3) is 0 Å². The fraction of sp³-hybridized carbons (Fsp3) is 0.938. The lowest BCUT2D eigenvalue weighted by atomic mass is 10.1. The zero-order valence-corrected chi connectivity index (χ0v) is 14.7. The highest BCUT2D eigenvalue weighted by Crippen LogP contribution is 2.27. The van der Waals surface area contributed by atoms with Gasteiger partial charge in [-0.15, -0.1) is 0 Å². The fourth-order valence-electron chi connectivity index (χ4n) is 3.04. The molecule has 2 heterocycles. The number of amides is 1. The highest BCUT2D eigenvalue weighted by molar-refractivity contribution is 8.00. The molecule has 4 nitrogen and oxygen atoms in total. The van der Waals surface area contributed by atoms with E-state index in [1.54, 1.807) is 0 Å². The Morgan fingerprint density at radius 2 is 2.05 bits per heavy atom. The summed E-state index contributed by atoms with van der Waals surface area (Å²) in [4.78, 5) is 14.2. The van der Waals surface area contributed by atoms with Crippen molar-refractivity contribution in [1.82, 2.24) is 10.2 Å². The molecule has 3 unspecified atom stereocenters. The third-order valence-electron chi connectivity index (χ3n) is 3.99. The van der Waals surface area contributed by atoms with Crippen LogP contribution >= 0.6 is 11.8 Å². The minimum atomic E-state index is -0.413. The molecule has 5 heteroatoms. The highest BCUT2D eigenvalue weighted by Gasteiger charge is 2.29. The number of nitrogens with one attached hydrogen (secondary N) is 1. The predicted octanol–water partition coefficient (Wildman–Crippen LogP) is 3.26. The molecule has 0 spiro atoms. The van der Waals surface area contributed by atoms with E-state index in [4.69, 9.17) is 4.74 Å². The van der Waals surface area contributed by atoms with E-state index in [9.17, 15) is 4.79 Å². The first-order valence-electron chi connectivity index (χ1n) is 8.19. The first kappa shape index (κ1) is 16.9. The van der Waals surface area contributed by atoms with Crippen molar-refractivity contribution in [2.24, 2.45) is 0 Å². The topological polar surface area (TPSA) is 41.6 Å². The largest absolute Gasteiger partial charge is 0.444 e. The van der Waals surface area contributed by atoms with Gasteiger partial charge >= 0.3 is 6.09 Å². The number of carbonyl (C=O) groups is 1. The summed E-state index contributed by atoms with van der Waals surface area (Å²) < 4.78 is 5.52. The minimum absolute atomic E-state index is 0.162. The zero-order chi connectivity index (χ0) is 15.5. The molecule has 2 aliphatic rings. The zero-order valence-electron chi connectivity index (χ0n) is 13.9. The minimum Gasteiger partial charge on any atom is -0.444 e. The van der Waals surface area contributed by atoms with Crippen LogP contribution in [0.25, 0.3) is 0 Å². The number of carbonyl (C=O) groups excluding carboxylic acids is 1. The smallest absolute Gasteiger partial charge is 0.410 e. The normalized spacial score (nSPS) is 31.0. The Bertz CT molecular complexity index is 357. The van der Waals surface area contributed by atoms with Crippen LogP contribution in [0.15, 0.2) is 0 Å². The van der Waals surface area contributed by atoms with Crippen LogP contribution in [-0.4, -0.2) is 52.8 Å². The van der Waals surface area contributed by atoms with Gasteiger partial charge in [0.2, 0.25) is 0 Å². The number of thioether (sulfide) groups is 1. The molecule has 122 valence electrons. The number of likely N-dealkylation sites (tertiary alicyclic amines) is 1. The number of nitrogens with zero attached hydrogens (tertiary/aromatic N) is 1. The summed E-state index contributed by atoms with van der Waals surface area (Å²) in [5, 5.41) is 4.53. The molecule has 0 aromatic rings. The Kier molecular flexibility index (Phi) is 5.83. The van der Waals surface area contributed by atoms with Crippen molar-refractivity contribution in [3.8, 4) is 0 Å². The number of hydrogen-bond acceptors (Lipinski definition) is 4. The molecule has 21 heavy (non-hydrogen) atoms. The van der Waals surface area contributed by atoms with Crippen LogP contribution < -0.4 is 5.32 Å². The second-order valence-electron chi connectivity index (χ2n) is 7.36. The number of hydrogen-bond donors (Lipinski definition) is 1. The molecule has 0 bridgehead atoms. The van der Waals surface area contributed by atoms with Crippen LogP contribution in [0.1, 0.15) is 53.4 Å². The Hall–Kier alpha value is -0.420. The van der Waals surface area contributed by atoms with E-state index in [-0.39, 0.29) is 6.09 Å². The Morgan fingerprint density at radius 3 is 2.67 bits per heavy atom. The average molecular weight is 314 g/mol. The summed E-state index contributed by atoms with van der Waals surface area (Å²) in [6.45, 7) is 9.68. The summed E-state index contributed by atoms with van der Waals surface area (Å²) in [5.74, 6) is 1.20. The Balaban J connectivity index is 1.87. The Morgan fingerprint density at radius 1 is 1.29 bits per heavy atom. The van der Waals surface area contributed by atoms with Gasteiger partial charge in [0.15, 0.2) is 0 Å². The van der Waals surface area contributed by atoms with Crippen LogP contribution in [0.4, 0.5) is 4.79 Å². The molecule has 2 aliphatic heterocycles. The van der Waals surface area contributed by atoms with Crippen molar-refractivity contribution < 1.29 is 9.53 Å². The van der Waals surface area contributed by atoms with Gasteiger partial charge in [-0.25, -0.2) is 4.79 Å². The van der Waals surface area contributed by atoms with Crippen LogP contribution in [0.2, 0.25) is 0 Å². The molecule has 0 aromatic carbocycles. The molecule has 0 saturated carbocycles. The first-order chi connectivity index (χ1) is 9.83. The van der Waals surface area contributed by atoms with Crippen molar-refractivity contribution in [3.63, 3.8) is 0 Å². The van der Waals surface area contributed by atoms with Gasteiger partial charge < -0.3 is 15.0 Å². The van der Waals surface area contributed by atoms with E-state index < -0.39 is 5.60 Å². The van der Waals surface area contributed by atoms with Gasteiger partial charge in [0.1, 0.15) is 5.60 Å². The second-order valence-corrected chi connectivity index (χ2v) is 8.83. The standard InChI is InChI=1S/C16H30N2O2S/c1-12-9-14(11-21-12)17-13-7-5-6-8-18(10-13)15(19)20-16(2,3)4/h12-14,17H,5-11H2,1-4H3. The van der Waals surface area contributed by atoms with Gasteiger partial charge in [0, 0.05) is 36.2 Å². The predicted molar refractivity (Wildman–Crippen MR) is 88.9 cm³/mol.